The summed E-state index contributed by atoms with van der Waals surface area (Å²) in [6.07, 6.45) is 7.58. The van der Waals surface area contributed by atoms with Crippen molar-refractivity contribution in [3.8, 4) is 0 Å². The molecule has 0 aliphatic rings. The Bertz CT molecular complexity index is 182. The number of hydrogen-bond donors (Lipinski definition) is 2. The molecule has 0 aromatic rings. The summed E-state index contributed by atoms with van der Waals surface area (Å²) < 4.78 is 0. The third-order valence-corrected chi connectivity index (χ3v) is 3.86. The highest BCUT2D eigenvalue weighted by Crippen LogP contribution is 2.27. The Hall–Kier alpha value is -0.120. The molecular weight excluding hydrogens is 234 g/mol. The molecule has 116 valence electrons. The Morgan fingerprint density at radius 3 is 1.79 bits per heavy atom. The van der Waals surface area contributed by atoms with E-state index in [0.29, 0.717) is 5.54 Å². The first-order valence-electron chi connectivity index (χ1n) is 8.36. The van der Waals surface area contributed by atoms with Crippen LogP contribution >= 0.6 is 0 Å². The second kappa shape index (κ2) is 11.7. The molecule has 0 aliphatic heterocycles. The van der Waals surface area contributed by atoms with Gasteiger partial charge in [0.25, 0.3) is 0 Å². The van der Waals surface area contributed by atoms with Gasteiger partial charge in [-0.15, -0.1) is 0 Å². The number of nitrogens with two attached hydrogens (primary N) is 1. The van der Waals surface area contributed by atoms with E-state index in [0.717, 1.165) is 19.6 Å². The van der Waals surface area contributed by atoms with Gasteiger partial charge in [-0.25, -0.2) is 0 Å². The van der Waals surface area contributed by atoms with Gasteiger partial charge in [0, 0.05) is 25.2 Å². The Labute approximate surface area is 121 Å². The molecule has 0 heterocycles. The molecule has 0 atom stereocenters. The molecule has 0 aromatic carbocycles. The second-order valence-electron chi connectivity index (χ2n) is 5.68. The van der Waals surface area contributed by atoms with Crippen LogP contribution in [-0.4, -0.2) is 43.2 Å². The fourth-order valence-corrected chi connectivity index (χ4v) is 3.21. The quantitative estimate of drug-likeness (QED) is 0.506. The molecule has 0 bridgehead atoms. The monoisotopic (exact) mass is 271 g/mol. The minimum absolute atomic E-state index is 0.338. The van der Waals surface area contributed by atoms with E-state index in [1.54, 1.807) is 0 Å². The fraction of sp³-hybridized carbons (Fsp3) is 1.00. The van der Waals surface area contributed by atoms with Crippen LogP contribution in [-0.2, 0) is 0 Å². The first-order chi connectivity index (χ1) is 9.20. The van der Waals surface area contributed by atoms with E-state index in [1.807, 2.05) is 0 Å². The summed E-state index contributed by atoms with van der Waals surface area (Å²) >= 11 is 0. The van der Waals surface area contributed by atoms with Crippen molar-refractivity contribution >= 4 is 0 Å². The molecule has 3 nitrogen and oxygen atoms in total. The Balaban J connectivity index is 4.89. The van der Waals surface area contributed by atoms with E-state index in [4.69, 9.17) is 5.73 Å². The van der Waals surface area contributed by atoms with Gasteiger partial charge < -0.3 is 11.1 Å². The number of rotatable bonds is 13. The highest BCUT2D eigenvalue weighted by atomic mass is 15.2. The Morgan fingerprint density at radius 1 is 0.895 bits per heavy atom. The molecule has 3 heteroatoms. The molecule has 0 amide bonds. The maximum atomic E-state index is 5.62. The molecule has 3 N–H and O–H groups in total. The normalized spacial score (nSPS) is 12.3. The van der Waals surface area contributed by atoms with Crippen molar-refractivity contribution in [2.45, 2.75) is 71.8 Å². The highest BCUT2D eigenvalue weighted by Gasteiger charge is 2.33. The standard InChI is InChI=1S/C16H37N3/c1-5-9-16(10-6-2,15-18-12-11-17)19(13-7-3)14-8-4/h18H,5-15,17H2,1-4H3. The molecule has 0 aliphatic carbocycles. The molecule has 0 rings (SSSR count). The lowest BCUT2D eigenvalue weighted by Gasteiger charge is -2.45. The van der Waals surface area contributed by atoms with Gasteiger partial charge in [0.05, 0.1) is 0 Å². The van der Waals surface area contributed by atoms with Gasteiger partial charge in [-0.05, 0) is 38.8 Å². The number of hydrogen-bond acceptors (Lipinski definition) is 3. The van der Waals surface area contributed by atoms with Crippen molar-refractivity contribution < 1.29 is 0 Å². The summed E-state index contributed by atoms with van der Waals surface area (Å²) in [7, 11) is 0. The Kier molecular flexibility index (Phi) is 11.6. The van der Waals surface area contributed by atoms with E-state index >= 15 is 0 Å². The van der Waals surface area contributed by atoms with Gasteiger partial charge >= 0.3 is 0 Å². The SMILES string of the molecule is CCCN(CCC)C(CCC)(CCC)CNCCN. The van der Waals surface area contributed by atoms with E-state index in [-0.39, 0.29) is 0 Å². The summed E-state index contributed by atoms with van der Waals surface area (Å²) in [6.45, 7) is 14.4. The van der Waals surface area contributed by atoms with Gasteiger partial charge in [-0.1, -0.05) is 40.5 Å². The van der Waals surface area contributed by atoms with E-state index in [9.17, 15) is 0 Å². The summed E-state index contributed by atoms with van der Waals surface area (Å²) in [5.41, 5.74) is 5.96. The highest BCUT2D eigenvalue weighted by molar-refractivity contribution is 4.92. The molecule has 0 fully saturated rings. The summed E-state index contributed by atoms with van der Waals surface area (Å²) in [5.74, 6) is 0. The zero-order chi connectivity index (χ0) is 14.6. The first-order valence-corrected chi connectivity index (χ1v) is 8.36. The molecule has 0 aromatic heterocycles. The molecule has 0 saturated heterocycles. The van der Waals surface area contributed by atoms with Crippen LogP contribution in [0.4, 0.5) is 0 Å². The van der Waals surface area contributed by atoms with Crippen molar-refractivity contribution in [1.29, 1.82) is 0 Å². The predicted octanol–water partition coefficient (Wildman–Crippen LogP) is 3.00. The molecule has 0 unspecified atom stereocenters. The molecule has 0 saturated carbocycles. The van der Waals surface area contributed by atoms with Crippen LogP contribution in [0.5, 0.6) is 0 Å². The van der Waals surface area contributed by atoms with Crippen molar-refractivity contribution in [2.24, 2.45) is 5.73 Å². The number of nitrogens with zero attached hydrogens (tertiary/aromatic N) is 1. The van der Waals surface area contributed by atoms with Crippen LogP contribution < -0.4 is 11.1 Å². The Morgan fingerprint density at radius 2 is 1.42 bits per heavy atom. The van der Waals surface area contributed by atoms with Crippen LogP contribution in [0.1, 0.15) is 66.2 Å². The van der Waals surface area contributed by atoms with E-state index in [2.05, 4.69) is 37.9 Å². The zero-order valence-corrected chi connectivity index (χ0v) is 13.8. The zero-order valence-electron chi connectivity index (χ0n) is 13.8. The summed E-state index contributed by atoms with van der Waals surface area (Å²) in [4.78, 5) is 2.74. The lowest BCUT2D eigenvalue weighted by molar-refractivity contribution is 0.0662. The van der Waals surface area contributed by atoms with Crippen LogP contribution in [0, 0.1) is 0 Å². The van der Waals surface area contributed by atoms with Gasteiger partial charge in [0.15, 0.2) is 0 Å². The van der Waals surface area contributed by atoms with Crippen LogP contribution in [0.15, 0.2) is 0 Å². The maximum absolute atomic E-state index is 5.62. The topological polar surface area (TPSA) is 41.3 Å². The van der Waals surface area contributed by atoms with Gasteiger partial charge in [0.1, 0.15) is 0 Å². The molecule has 19 heavy (non-hydrogen) atoms. The third-order valence-electron chi connectivity index (χ3n) is 3.86. The summed E-state index contributed by atoms with van der Waals surface area (Å²) in [5, 5.41) is 3.58. The average Bonchev–Trinajstić information content (AvgIpc) is 2.39. The predicted molar refractivity (Wildman–Crippen MR) is 86.6 cm³/mol. The first kappa shape index (κ1) is 18.9. The third kappa shape index (κ3) is 6.73. The van der Waals surface area contributed by atoms with Gasteiger partial charge in [-0.2, -0.15) is 0 Å². The smallest absolute Gasteiger partial charge is 0.0333 e. The number of nitrogens with one attached hydrogen (secondary N) is 1. The fourth-order valence-electron chi connectivity index (χ4n) is 3.21. The van der Waals surface area contributed by atoms with Crippen molar-refractivity contribution in [3.63, 3.8) is 0 Å². The average molecular weight is 271 g/mol. The lowest BCUT2D eigenvalue weighted by atomic mass is 9.85. The van der Waals surface area contributed by atoms with E-state index in [1.165, 1.54) is 51.6 Å². The maximum Gasteiger partial charge on any atom is 0.0333 e. The largest absolute Gasteiger partial charge is 0.329 e. The minimum Gasteiger partial charge on any atom is -0.329 e. The second-order valence-corrected chi connectivity index (χ2v) is 5.68. The van der Waals surface area contributed by atoms with Crippen LogP contribution in [0.2, 0.25) is 0 Å². The molecule has 0 spiro atoms. The van der Waals surface area contributed by atoms with Crippen molar-refractivity contribution in [2.75, 3.05) is 32.7 Å². The van der Waals surface area contributed by atoms with Crippen LogP contribution in [0.3, 0.4) is 0 Å². The van der Waals surface area contributed by atoms with Crippen LogP contribution in [0.25, 0.3) is 0 Å². The molecule has 0 radical (unpaired) electrons. The lowest BCUT2D eigenvalue weighted by Crippen LogP contribution is -2.56. The summed E-state index contributed by atoms with van der Waals surface area (Å²) in [6, 6.07) is 0. The minimum atomic E-state index is 0.338. The van der Waals surface area contributed by atoms with Gasteiger partial charge in [-0.3, -0.25) is 4.90 Å². The van der Waals surface area contributed by atoms with Crippen molar-refractivity contribution in [1.82, 2.24) is 10.2 Å². The van der Waals surface area contributed by atoms with E-state index < -0.39 is 0 Å². The molecular formula is C16H37N3. The van der Waals surface area contributed by atoms with Gasteiger partial charge in [0.2, 0.25) is 0 Å². The van der Waals surface area contributed by atoms with Crippen molar-refractivity contribution in [3.05, 3.63) is 0 Å².